The van der Waals surface area contributed by atoms with Crippen LogP contribution in [0.25, 0.3) is 11.1 Å². The van der Waals surface area contributed by atoms with Gasteiger partial charge in [-0.25, -0.2) is 9.97 Å². The molecule has 3 heterocycles. The van der Waals surface area contributed by atoms with Gasteiger partial charge in [-0.15, -0.1) is 0 Å². The van der Waals surface area contributed by atoms with E-state index in [0.717, 1.165) is 62.0 Å². The van der Waals surface area contributed by atoms with Crippen LogP contribution in [0.4, 0.5) is 11.8 Å². The Labute approximate surface area is 146 Å². The fraction of sp³-hybridized carbons (Fsp3) is 0.421. The number of para-hydroxylation sites is 2. The highest BCUT2D eigenvalue weighted by molar-refractivity contribution is 5.74. The lowest BCUT2D eigenvalue weighted by atomic mass is 9.96. The molecule has 6 heteroatoms. The highest BCUT2D eigenvalue weighted by Gasteiger charge is 2.25. The number of anilines is 2. The van der Waals surface area contributed by atoms with E-state index in [0.29, 0.717) is 0 Å². The number of benzene rings is 1. The molecule has 1 aliphatic carbocycles. The first-order chi connectivity index (χ1) is 12.4. The second-order valence-electron chi connectivity index (χ2n) is 6.77. The number of nitrogens with zero attached hydrogens (tertiary/aromatic N) is 5. The minimum Gasteiger partial charge on any atom is -0.423 e. The average Bonchev–Trinajstić information content (AvgIpc) is 3.12. The maximum atomic E-state index is 5.91. The molecule has 6 nitrogen and oxygen atoms in total. The van der Waals surface area contributed by atoms with E-state index in [1.165, 1.54) is 24.1 Å². The van der Waals surface area contributed by atoms with Crippen LogP contribution in [0.1, 0.15) is 24.1 Å². The van der Waals surface area contributed by atoms with Gasteiger partial charge >= 0.3 is 0 Å². The molecule has 3 aromatic rings. The molecule has 128 valence electrons. The number of aryl methyl sites for hydroxylation is 1. The molecule has 0 amide bonds. The number of aromatic nitrogens is 3. The summed E-state index contributed by atoms with van der Waals surface area (Å²) in [6.07, 6.45) is 6.42. The van der Waals surface area contributed by atoms with E-state index < -0.39 is 0 Å². The summed E-state index contributed by atoms with van der Waals surface area (Å²) in [6.45, 7) is 3.65. The minimum absolute atomic E-state index is 0.727. The average molecular weight is 335 g/mol. The van der Waals surface area contributed by atoms with Gasteiger partial charge in [0.15, 0.2) is 5.58 Å². The van der Waals surface area contributed by atoms with E-state index in [1.807, 2.05) is 24.3 Å². The lowest BCUT2D eigenvalue weighted by molar-refractivity contribution is 0.538. The van der Waals surface area contributed by atoms with Crippen LogP contribution in [0.3, 0.4) is 0 Å². The summed E-state index contributed by atoms with van der Waals surface area (Å²) < 4.78 is 5.91. The van der Waals surface area contributed by atoms with E-state index in [2.05, 4.69) is 24.8 Å². The zero-order valence-electron chi connectivity index (χ0n) is 14.2. The summed E-state index contributed by atoms with van der Waals surface area (Å²) in [7, 11) is 0. The van der Waals surface area contributed by atoms with Crippen molar-refractivity contribution in [2.24, 2.45) is 0 Å². The number of oxazole rings is 1. The molecule has 0 atom stereocenters. The smallest absolute Gasteiger partial charge is 0.298 e. The first-order valence-corrected chi connectivity index (χ1v) is 9.07. The highest BCUT2D eigenvalue weighted by Crippen LogP contribution is 2.29. The van der Waals surface area contributed by atoms with Crippen molar-refractivity contribution in [1.82, 2.24) is 15.0 Å². The second-order valence-corrected chi connectivity index (χ2v) is 6.77. The van der Waals surface area contributed by atoms with E-state index >= 15 is 0 Å². The molecule has 1 saturated heterocycles. The third-order valence-electron chi connectivity index (χ3n) is 5.23. The molecule has 2 aliphatic rings. The van der Waals surface area contributed by atoms with Crippen molar-refractivity contribution in [1.29, 1.82) is 0 Å². The summed E-state index contributed by atoms with van der Waals surface area (Å²) in [5.74, 6) is 1.14. The predicted octanol–water partition coefficient (Wildman–Crippen LogP) is 2.82. The molecule has 2 aromatic heterocycles. The van der Waals surface area contributed by atoms with Crippen molar-refractivity contribution < 1.29 is 4.42 Å². The topological polar surface area (TPSA) is 58.3 Å². The van der Waals surface area contributed by atoms with E-state index in [1.54, 1.807) is 6.33 Å². The minimum atomic E-state index is 0.727. The van der Waals surface area contributed by atoms with Crippen LogP contribution in [0.5, 0.6) is 0 Å². The molecule has 0 unspecified atom stereocenters. The molecule has 0 bridgehead atoms. The fourth-order valence-electron chi connectivity index (χ4n) is 3.88. The van der Waals surface area contributed by atoms with Crippen molar-refractivity contribution in [3.63, 3.8) is 0 Å². The first kappa shape index (κ1) is 14.7. The SMILES string of the molecule is c1ccc2oc(N3CCN(c4ncnc5c4CCCC5)CC3)nc2c1. The summed E-state index contributed by atoms with van der Waals surface area (Å²) in [5, 5.41) is 0. The molecule has 0 spiro atoms. The Morgan fingerprint density at radius 2 is 1.68 bits per heavy atom. The van der Waals surface area contributed by atoms with Crippen molar-refractivity contribution in [2.75, 3.05) is 36.0 Å². The standard InChI is InChI=1S/C19H21N5O/c1-2-6-15-14(5-1)18(21-13-20-15)23-9-11-24(12-10-23)19-22-16-7-3-4-8-17(16)25-19/h3-4,7-8,13H,1-2,5-6,9-12H2. The van der Waals surface area contributed by atoms with Gasteiger partial charge in [0.25, 0.3) is 6.01 Å². The monoisotopic (exact) mass is 335 g/mol. The van der Waals surface area contributed by atoms with Gasteiger partial charge in [-0.1, -0.05) is 12.1 Å². The molecular weight excluding hydrogens is 314 g/mol. The van der Waals surface area contributed by atoms with Gasteiger partial charge in [0.05, 0.1) is 0 Å². The van der Waals surface area contributed by atoms with Crippen LogP contribution in [0.2, 0.25) is 0 Å². The Balaban J connectivity index is 1.35. The molecule has 0 radical (unpaired) electrons. The molecule has 1 aliphatic heterocycles. The highest BCUT2D eigenvalue weighted by atomic mass is 16.4. The van der Waals surface area contributed by atoms with Gasteiger partial charge in [-0.3, -0.25) is 0 Å². The Hall–Kier alpha value is -2.63. The Bertz CT molecular complexity index is 865. The maximum Gasteiger partial charge on any atom is 0.298 e. The van der Waals surface area contributed by atoms with Gasteiger partial charge in [0.1, 0.15) is 17.7 Å². The van der Waals surface area contributed by atoms with Crippen LogP contribution in [0, 0.1) is 0 Å². The summed E-state index contributed by atoms with van der Waals surface area (Å²) in [5.41, 5.74) is 4.39. The van der Waals surface area contributed by atoms with E-state index in [9.17, 15) is 0 Å². The van der Waals surface area contributed by atoms with Crippen molar-refractivity contribution in [3.8, 4) is 0 Å². The van der Waals surface area contributed by atoms with Crippen LogP contribution in [-0.2, 0) is 12.8 Å². The van der Waals surface area contributed by atoms with E-state index in [-0.39, 0.29) is 0 Å². The molecule has 1 fully saturated rings. The van der Waals surface area contributed by atoms with Gasteiger partial charge in [-0.2, -0.15) is 4.98 Å². The van der Waals surface area contributed by atoms with Crippen LogP contribution >= 0.6 is 0 Å². The lowest BCUT2D eigenvalue weighted by Crippen LogP contribution is -2.47. The zero-order valence-corrected chi connectivity index (χ0v) is 14.2. The lowest BCUT2D eigenvalue weighted by Gasteiger charge is -2.36. The quantitative estimate of drug-likeness (QED) is 0.718. The Kier molecular flexibility index (Phi) is 3.54. The predicted molar refractivity (Wildman–Crippen MR) is 97.1 cm³/mol. The van der Waals surface area contributed by atoms with Crippen molar-refractivity contribution in [2.45, 2.75) is 25.7 Å². The van der Waals surface area contributed by atoms with Crippen molar-refractivity contribution in [3.05, 3.63) is 41.9 Å². The second kappa shape index (κ2) is 6.02. The number of hydrogen-bond donors (Lipinski definition) is 0. The fourth-order valence-corrected chi connectivity index (χ4v) is 3.88. The third kappa shape index (κ3) is 2.62. The summed E-state index contributed by atoms with van der Waals surface area (Å²) in [6, 6.07) is 8.66. The maximum absolute atomic E-state index is 5.91. The summed E-state index contributed by atoms with van der Waals surface area (Å²) >= 11 is 0. The number of rotatable bonds is 2. The molecule has 0 N–H and O–H groups in total. The largest absolute Gasteiger partial charge is 0.423 e. The van der Waals surface area contributed by atoms with Gasteiger partial charge in [-0.05, 0) is 37.8 Å². The Morgan fingerprint density at radius 1 is 0.880 bits per heavy atom. The van der Waals surface area contributed by atoms with Crippen LogP contribution in [0.15, 0.2) is 35.0 Å². The summed E-state index contributed by atoms with van der Waals surface area (Å²) in [4.78, 5) is 18.3. The van der Waals surface area contributed by atoms with Gasteiger partial charge in [0.2, 0.25) is 0 Å². The first-order valence-electron chi connectivity index (χ1n) is 9.07. The number of piperazine rings is 1. The van der Waals surface area contributed by atoms with Crippen molar-refractivity contribution >= 4 is 22.9 Å². The zero-order chi connectivity index (χ0) is 16.6. The van der Waals surface area contributed by atoms with E-state index in [4.69, 9.17) is 4.42 Å². The molecular formula is C19H21N5O. The molecule has 25 heavy (non-hydrogen) atoms. The number of fused-ring (bicyclic) bond motifs is 2. The Morgan fingerprint density at radius 3 is 2.56 bits per heavy atom. The number of hydrogen-bond acceptors (Lipinski definition) is 6. The van der Waals surface area contributed by atoms with Gasteiger partial charge in [0, 0.05) is 37.4 Å². The normalized spacial score (nSPS) is 17.8. The molecule has 5 rings (SSSR count). The van der Waals surface area contributed by atoms with Crippen LogP contribution in [-0.4, -0.2) is 41.1 Å². The molecule has 0 saturated carbocycles. The molecule has 1 aromatic carbocycles. The van der Waals surface area contributed by atoms with Crippen LogP contribution < -0.4 is 9.80 Å². The van der Waals surface area contributed by atoms with Gasteiger partial charge < -0.3 is 14.2 Å². The third-order valence-corrected chi connectivity index (χ3v) is 5.23.